The average molecular weight is 319 g/mol. The van der Waals surface area contributed by atoms with Crippen LogP contribution >= 0.6 is 0 Å². The fraction of sp³-hybridized carbons (Fsp3) is 0.438. The zero-order valence-corrected chi connectivity index (χ0v) is 13.3. The molecule has 2 bridgehead atoms. The molecule has 0 saturated carbocycles. The average Bonchev–Trinajstić information content (AvgIpc) is 2.57. The highest BCUT2D eigenvalue weighted by atomic mass is 19.1. The summed E-state index contributed by atoms with van der Waals surface area (Å²) >= 11 is 0. The van der Waals surface area contributed by atoms with Crippen LogP contribution in [0.15, 0.2) is 35.2 Å². The summed E-state index contributed by atoms with van der Waals surface area (Å²) in [5.41, 5.74) is 14.0. The van der Waals surface area contributed by atoms with Crippen LogP contribution in [0.25, 0.3) is 0 Å². The Morgan fingerprint density at radius 2 is 2.22 bits per heavy atom. The maximum Gasteiger partial charge on any atom is 0.230 e. The van der Waals surface area contributed by atoms with E-state index in [2.05, 4.69) is 15.3 Å². The van der Waals surface area contributed by atoms with E-state index in [0.717, 1.165) is 5.56 Å². The largest absolute Gasteiger partial charge is 0.403 e. The minimum absolute atomic E-state index is 0.193. The minimum Gasteiger partial charge on any atom is -0.403 e. The first kappa shape index (κ1) is 17.1. The Bertz CT molecular complexity index is 643. The first-order valence-electron chi connectivity index (χ1n) is 7.53. The van der Waals surface area contributed by atoms with Crippen LogP contribution in [0.4, 0.5) is 4.39 Å². The number of halogens is 1. The number of hydrogen-bond donors (Lipinski definition) is 3. The van der Waals surface area contributed by atoms with Crippen molar-refractivity contribution in [3.05, 3.63) is 41.5 Å². The molecule has 124 valence electrons. The van der Waals surface area contributed by atoms with E-state index in [9.17, 15) is 9.18 Å². The van der Waals surface area contributed by atoms with E-state index < -0.39 is 24.0 Å². The van der Waals surface area contributed by atoms with Crippen molar-refractivity contribution in [3.63, 3.8) is 0 Å². The number of nitrogens with one attached hydrogen (secondary N) is 1. The Labute approximate surface area is 134 Å². The van der Waals surface area contributed by atoms with Crippen LogP contribution in [0.1, 0.15) is 37.1 Å². The van der Waals surface area contributed by atoms with Crippen LogP contribution in [0.3, 0.4) is 0 Å². The van der Waals surface area contributed by atoms with Gasteiger partial charge in [-0.1, -0.05) is 6.92 Å². The van der Waals surface area contributed by atoms with Crippen molar-refractivity contribution in [3.8, 4) is 0 Å². The first-order valence-corrected chi connectivity index (χ1v) is 7.53. The molecule has 6 nitrogen and oxygen atoms in total. The van der Waals surface area contributed by atoms with E-state index in [4.69, 9.17) is 11.5 Å². The minimum atomic E-state index is -1.29. The number of allylic oxidation sites excluding steroid dienone is 1. The molecule has 0 aromatic carbocycles. The molecule has 0 aliphatic carbocycles. The molecule has 0 spiro atoms. The van der Waals surface area contributed by atoms with Crippen molar-refractivity contribution in [2.45, 2.75) is 32.0 Å². The number of aromatic nitrogens is 1. The molecule has 0 saturated heterocycles. The van der Waals surface area contributed by atoms with E-state index in [1.165, 1.54) is 6.20 Å². The van der Waals surface area contributed by atoms with E-state index in [0.29, 0.717) is 23.5 Å². The molecule has 5 N–H and O–H groups in total. The monoisotopic (exact) mass is 319 g/mol. The van der Waals surface area contributed by atoms with Crippen molar-refractivity contribution in [1.82, 2.24) is 10.3 Å². The van der Waals surface area contributed by atoms with Gasteiger partial charge in [0, 0.05) is 31.0 Å². The highest BCUT2D eigenvalue weighted by molar-refractivity contribution is 6.14. The zero-order valence-electron chi connectivity index (χ0n) is 13.3. The number of nitrogens with two attached hydrogens (primary N) is 2. The number of nitrogens with zero attached hydrogens (tertiary/aromatic N) is 2. The number of carbonyl (C=O) groups excluding carboxylic acids is 1. The van der Waals surface area contributed by atoms with Gasteiger partial charge in [0.1, 0.15) is 6.17 Å². The second-order valence-electron chi connectivity index (χ2n) is 5.60. The summed E-state index contributed by atoms with van der Waals surface area (Å²) in [5.74, 6) is -1.24. The number of hydrogen-bond acceptors (Lipinski definition) is 5. The summed E-state index contributed by atoms with van der Waals surface area (Å²) < 4.78 is 14.3. The maximum absolute atomic E-state index is 14.3. The number of pyridine rings is 1. The molecule has 0 fully saturated rings. The molecule has 1 aliphatic heterocycles. The van der Waals surface area contributed by atoms with Crippen LogP contribution in [-0.4, -0.2) is 29.8 Å². The molecular formula is C16H22FN5O. The molecular weight excluding hydrogens is 297 g/mol. The number of amides is 1. The lowest BCUT2D eigenvalue weighted by atomic mass is 9.95. The normalized spacial score (nSPS) is 29.7. The van der Waals surface area contributed by atoms with Crippen molar-refractivity contribution in [2.75, 3.05) is 7.05 Å². The van der Waals surface area contributed by atoms with Gasteiger partial charge in [0.2, 0.25) is 5.91 Å². The molecule has 0 radical (unpaired) electrons. The van der Waals surface area contributed by atoms with E-state index in [1.54, 1.807) is 32.3 Å². The third-order valence-corrected chi connectivity index (χ3v) is 4.05. The zero-order chi connectivity index (χ0) is 17.0. The van der Waals surface area contributed by atoms with E-state index in [1.807, 2.05) is 0 Å². The molecule has 2 rings (SSSR count). The van der Waals surface area contributed by atoms with Gasteiger partial charge in [-0.15, -0.1) is 0 Å². The van der Waals surface area contributed by atoms with Gasteiger partial charge in [0.25, 0.3) is 0 Å². The van der Waals surface area contributed by atoms with E-state index >= 15 is 0 Å². The van der Waals surface area contributed by atoms with Crippen molar-refractivity contribution >= 4 is 11.6 Å². The predicted molar refractivity (Wildman–Crippen MR) is 87.3 cm³/mol. The number of fused-ring (bicyclic) bond motifs is 2. The quantitative estimate of drug-likeness (QED) is 0.667. The van der Waals surface area contributed by atoms with Gasteiger partial charge in [-0.25, -0.2) is 4.39 Å². The number of aliphatic imine (C=N–C) groups is 1. The van der Waals surface area contributed by atoms with Gasteiger partial charge in [0.15, 0.2) is 0 Å². The van der Waals surface area contributed by atoms with Crippen LogP contribution < -0.4 is 16.8 Å². The van der Waals surface area contributed by atoms with Gasteiger partial charge in [-0.05, 0) is 25.0 Å². The Hall–Kier alpha value is -2.28. The summed E-state index contributed by atoms with van der Waals surface area (Å²) in [5, 5.41) is 2.66. The molecule has 1 aromatic rings. The molecule has 1 amide bonds. The number of rotatable bonds is 0. The van der Waals surface area contributed by atoms with Crippen LogP contribution in [-0.2, 0) is 4.79 Å². The van der Waals surface area contributed by atoms with Crippen molar-refractivity contribution in [1.29, 1.82) is 0 Å². The molecule has 23 heavy (non-hydrogen) atoms. The number of carbonyl (C=O) groups is 1. The highest BCUT2D eigenvalue weighted by Gasteiger charge is 2.27. The van der Waals surface area contributed by atoms with Crippen LogP contribution in [0.5, 0.6) is 0 Å². The molecule has 1 aromatic heterocycles. The second kappa shape index (κ2) is 7.32. The van der Waals surface area contributed by atoms with Gasteiger partial charge in [0.05, 0.1) is 23.0 Å². The summed E-state index contributed by atoms with van der Waals surface area (Å²) in [7, 11) is 1.60. The molecule has 7 heteroatoms. The Kier molecular flexibility index (Phi) is 5.44. The molecule has 2 heterocycles. The van der Waals surface area contributed by atoms with Gasteiger partial charge >= 0.3 is 0 Å². The Morgan fingerprint density at radius 3 is 2.87 bits per heavy atom. The summed E-state index contributed by atoms with van der Waals surface area (Å²) in [4.78, 5) is 20.7. The van der Waals surface area contributed by atoms with Gasteiger partial charge in [-0.2, -0.15) is 0 Å². The third-order valence-electron chi connectivity index (χ3n) is 4.05. The molecule has 3 unspecified atom stereocenters. The number of alkyl halides is 1. The third kappa shape index (κ3) is 3.73. The summed E-state index contributed by atoms with van der Waals surface area (Å²) in [6.45, 7) is 1.55. The predicted octanol–water partition coefficient (Wildman–Crippen LogP) is 1.18. The van der Waals surface area contributed by atoms with Crippen molar-refractivity contribution in [2.24, 2.45) is 22.4 Å². The smallest absolute Gasteiger partial charge is 0.230 e. The van der Waals surface area contributed by atoms with Crippen LogP contribution in [0.2, 0.25) is 0 Å². The summed E-state index contributed by atoms with van der Waals surface area (Å²) in [6.07, 6.45) is 2.19. The fourth-order valence-electron chi connectivity index (χ4n) is 2.53. The second-order valence-corrected chi connectivity index (χ2v) is 5.60. The Morgan fingerprint density at radius 1 is 1.48 bits per heavy atom. The lowest BCUT2D eigenvalue weighted by Crippen LogP contribution is -2.37. The summed E-state index contributed by atoms with van der Waals surface area (Å²) in [6, 6.07) is 3.16. The van der Waals surface area contributed by atoms with Gasteiger partial charge in [-0.3, -0.25) is 14.8 Å². The lowest BCUT2D eigenvalue weighted by molar-refractivity contribution is -0.125. The maximum atomic E-state index is 14.3. The standard InChI is InChI=1S/C16H22FN5O/c1-9-11(17)3-4-12(19)13-7-10(5-6-21-13)15(20-2)14(8-18)22-16(9)23/h5-9,11-12H,3-4,18-19H2,1-2H3,(H,22,23). The fourth-order valence-corrected chi connectivity index (χ4v) is 2.53. The first-order chi connectivity index (χ1) is 11.0. The van der Waals surface area contributed by atoms with Crippen LogP contribution in [0, 0.1) is 5.92 Å². The lowest BCUT2D eigenvalue weighted by Gasteiger charge is -2.21. The molecule has 3 atom stereocenters. The SMILES string of the molecule is CN=C1C(=CN)NC(=O)C(C)C(F)CCC(N)c2cc1ccn2. The Balaban J connectivity index is 2.50. The van der Waals surface area contributed by atoms with Gasteiger partial charge < -0.3 is 16.8 Å². The molecule has 1 aliphatic rings. The van der Waals surface area contributed by atoms with E-state index in [-0.39, 0.29) is 6.42 Å². The topological polar surface area (TPSA) is 106 Å². The highest BCUT2D eigenvalue weighted by Crippen LogP contribution is 2.22. The van der Waals surface area contributed by atoms with Crippen molar-refractivity contribution < 1.29 is 9.18 Å².